The summed E-state index contributed by atoms with van der Waals surface area (Å²) >= 11 is 8.54. The largest absolute Gasteiger partial charge is 0.389 e. The zero-order valence-corrected chi connectivity index (χ0v) is 14.2. The molecule has 0 unspecified atom stereocenters. The predicted octanol–water partition coefficient (Wildman–Crippen LogP) is 3.44. The zero-order valence-electron chi connectivity index (χ0n) is 11.7. The Morgan fingerprint density at radius 2 is 2.25 bits per heavy atom. The van der Waals surface area contributed by atoms with Gasteiger partial charge in [0.05, 0.1) is 17.2 Å². The first kappa shape index (κ1) is 15.3. The van der Waals surface area contributed by atoms with Crippen molar-refractivity contribution < 1.29 is 0 Å². The van der Waals surface area contributed by atoms with Crippen LogP contribution < -0.4 is 10.6 Å². The van der Waals surface area contributed by atoms with E-state index in [9.17, 15) is 0 Å². The molecular weight excluding hydrogens is 306 g/mol. The highest BCUT2D eigenvalue weighted by Gasteiger charge is 2.14. The van der Waals surface area contributed by atoms with Crippen molar-refractivity contribution in [2.75, 3.05) is 18.2 Å². The van der Waals surface area contributed by atoms with E-state index < -0.39 is 0 Å². The van der Waals surface area contributed by atoms with Crippen LogP contribution in [-0.4, -0.2) is 23.3 Å². The van der Waals surface area contributed by atoms with Gasteiger partial charge in [-0.15, -0.1) is 23.1 Å². The number of benzene rings is 1. The van der Waals surface area contributed by atoms with Gasteiger partial charge in [0.25, 0.3) is 0 Å². The van der Waals surface area contributed by atoms with Gasteiger partial charge in [-0.2, -0.15) is 0 Å². The van der Waals surface area contributed by atoms with Crippen LogP contribution in [0.3, 0.4) is 0 Å². The molecule has 2 aromatic rings. The average molecular weight is 324 g/mol. The van der Waals surface area contributed by atoms with Gasteiger partial charge < -0.3 is 10.6 Å². The number of anilines is 1. The highest BCUT2D eigenvalue weighted by Crippen LogP contribution is 2.30. The first-order valence-corrected chi connectivity index (χ1v) is 8.63. The first-order valence-electron chi connectivity index (χ1n) is 6.12. The Kier molecular flexibility index (Phi) is 5.01. The van der Waals surface area contributed by atoms with E-state index in [-0.39, 0.29) is 0 Å². The summed E-state index contributed by atoms with van der Waals surface area (Å²) in [5, 5.41) is 3.17. The van der Waals surface area contributed by atoms with Gasteiger partial charge in [-0.1, -0.05) is 18.3 Å². The topological polar surface area (TPSA) is 42.2 Å². The molecule has 2 N–H and O–H groups in total. The number of aryl methyl sites for hydroxylation is 1. The van der Waals surface area contributed by atoms with Gasteiger partial charge in [0, 0.05) is 28.6 Å². The Labute approximate surface area is 133 Å². The van der Waals surface area contributed by atoms with Gasteiger partial charge >= 0.3 is 0 Å². The summed E-state index contributed by atoms with van der Waals surface area (Å²) in [6.45, 7) is 2.76. The number of aromatic nitrogens is 1. The van der Waals surface area contributed by atoms with E-state index in [0.717, 1.165) is 33.4 Å². The smallest absolute Gasteiger partial charge is 0.107 e. The molecule has 106 valence electrons. The van der Waals surface area contributed by atoms with Gasteiger partial charge in [-0.25, -0.2) is 4.98 Å². The monoisotopic (exact) mass is 323 g/mol. The van der Waals surface area contributed by atoms with Gasteiger partial charge in [-0.05, 0) is 25.3 Å². The number of thiazole rings is 1. The fraction of sp³-hybridized carbons (Fsp3) is 0.286. The summed E-state index contributed by atoms with van der Waals surface area (Å²) in [5.41, 5.74) is 8.97. The second-order valence-corrected chi connectivity index (χ2v) is 6.78. The Hall–Kier alpha value is -1.11. The molecule has 0 atom stereocenters. The van der Waals surface area contributed by atoms with Gasteiger partial charge in [-0.3, -0.25) is 0 Å². The number of rotatable bonds is 5. The van der Waals surface area contributed by atoms with E-state index in [0.29, 0.717) is 4.99 Å². The molecule has 0 saturated heterocycles. The minimum absolute atomic E-state index is 0.436. The summed E-state index contributed by atoms with van der Waals surface area (Å²) in [4.78, 5) is 8.19. The minimum Gasteiger partial charge on any atom is -0.389 e. The van der Waals surface area contributed by atoms with Gasteiger partial charge in [0.1, 0.15) is 4.99 Å². The van der Waals surface area contributed by atoms with Crippen molar-refractivity contribution in [3.63, 3.8) is 0 Å². The lowest BCUT2D eigenvalue weighted by atomic mass is 10.1. The Bertz CT molecular complexity index is 622. The summed E-state index contributed by atoms with van der Waals surface area (Å²) in [5.74, 6) is 0. The average Bonchev–Trinajstić information content (AvgIpc) is 2.82. The second-order valence-electron chi connectivity index (χ2n) is 4.43. The standard InChI is InChI=1S/C14H17N3S3/c1-9-16-10(8-20-9)7-17(2)11-5-4-6-12(19-3)13(11)14(15)18/h4-6,8H,7H2,1-3H3,(H2,15,18). The van der Waals surface area contributed by atoms with Crippen molar-refractivity contribution in [3.8, 4) is 0 Å². The van der Waals surface area contributed by atoms with E-state index in [1.54, 1.807) is 23.1 Å². The maximum Gasteiger partial charge on any atom is 0.107 e. The van der Waals surface area contributed by atoms with E-state index >= 15 is 0 Å². The fourth-order valence-corrected chi connectivity index (χ4v) is 3.58. The van der Waals surface area contributed by atoms with Crippen molar-refractivity contribution in [3.05, 3.63) is 39.8 Å². The van der Waals surface area contributed by atoms with Crippen LogP contribution in [-0.2, 0) is 6.54 Å². The molecule has 0 fully saturated rings. The van der Waals surface area contributed by atoms with Crippen molar-refractivity contribution in [2.45, 2.75) is 18.4 Å². The van der Waals surface area contributed by atoms with E-state index in [1.165, 1.54) is 0 Å². The quantitative estimate of drug-likeness (QED) is 0.674. The number of hydrogen-bond acceptors (Lipinski definition) is 5. The zero-order chi connectivity index (χ0) is 14.7. The van der Waals surface area contributed by atoms with Crippen molar-refractivity contribution >= 4 is 46.0 Å². The highest BCUT2D eigenvalue weighted by molar-refractivity contribution is 7.98. The third-order valence-corrected chi connectivity index (χ3v) is 4.75. The number of thioether (sulfide) groups is 1. The molecule has 0 radical (unpaired) electrons. The second kappa shape index (κ2) is 6.56. The number of thiocarbonyl (C=S) groups is 1. The molecule has 6 heteroatoms. The van der Waals surface area contributed by atoms with Crippen LogP contribution in [0, 0.1) is 6.92 Å². The van der Waals surface area contributed by atoms with Crippen molar-refractivity contribution in [2.24, 2.45) is 5.73 Å². The summed E-state index contributed by atoms with van der Waals surface area (Å²) < 4.78 is 0. The van der Waals surface area contributed by atoms with Crippen LogP contribution >= 0.6 is 35.3 Å². The van der Waals surface area contributed by atoms with Crippen molar-refractivity contribution in [1.29, 1.82) is 0 Å². The molecule has 20 heavy (non-hydrogen) atoms. The molecule has 3 nitrogen and oxygen atoms in total. The molecule has 0 spiro atoms. The van der Waals surface area contributed by atoms with Crippen molar-refractivity contribution in [1.82, 2.24) is 4.98 Å². The maximum atomic E-state index is 5.90. The van der Waals surface area contributed by atoms with Gasteiger partial charge in [0.15, 0.2) is 0 Å². The molecular formula is C14H17N3S3. The minimum atomic E-state index is 0.436. The molecule has 0 aliphatic carbocycles. The Balaban J connectivity index is 2.34. The van der Waals surface area contributed by atoms with Crippen LogP contribution in [0.4, 0.5) is 5.69 Å². The Morgan fingerprint density at radius 1 is 1.50 bits per heavy atom. The summed E-state index contributed by atoms with van der Waals surface area (Å²) in [6, 6.07) is 6.13. The Morgan fingerprint density at radius 3 is 2.80 bits per heavy atom. The molecule has 0 aliphatic rings. The summed E-state index contributed by atoms with van der Waals surface area (Å²) in [6.07, 6.45) is 2.03. The molecule has 0 aliphatic heterocycles. The molecule has 1 aromatic carbocycles. The lowest BCUT2D eigenvalue weighted by molar-refractivity contribution is 0.887. The maximum absolute atomic E-state index is 5.90. The lowest BCUT2D eigenvalue weighted by Gasteiger charge is -2.22. The number of hydrogen-bond donors (Lipinski definition) is 1. The highest BCUT2D eigenvalue weighted by atomic mass is 32.2. The molecule has 0 bridgehead atoms. The molecule has 0 amide bonds. The van der Waals surface area contributed by atoms with Crippen LogP contribution in [0.25, 0.3) is 0 Å². The number of nitrogens with two attached hydrogens (primary N) is 1. The predicted molar refractivity (Wildman–Crippen MR) is 93.1 cm³/mol. The van der Waals surface area contributed by atoms with E-state index in [2.05, 4.69) is 15.3 Å². The molecule has 2 rings (SSSR count). The molecule has 0 saturated carbocycles. The van der Waals surface area contributed by atoms with Crippen LogP contribution in [0.2, 0.25) is 0 Å². The van der Waals surface area contributed by atoms with E-state index in [4.69, 9.17) is 18.0 Å². The molecule has 1 aromatic heterocycles. The third kappa shape index (κ3) is 3.31. The van der Waals surface area contributed by atoms with Crippen LogP contribution in [0.1, 0.15) is 16.3 Å². The van der Waals surface area contributed by atoms with Crippen LogP contribution in [0.15, 0.2) is 28.5 Å². The normalized spacial score (nSPS) is 10.6. The SMILES string of the molecule is CSc1cccc(N(C)Cc2csc(C)n2)c1C(N)=S. The third-order valence-electron chi connectivity index (χ3n) is 2.95. The van der Waals surface area contributed by atoms with Gasteiger partial charge in [0.2, 0.25) is 0 Å². The fourth-order valence-electron chi connectivity index (χ4n) is 2.06. The van der Waals surface area contributed by atoms with Crippen LogP contribution in [0.5, 0.6) is 0 Å². The summed E-state index contributed by atoms with van der Waals surface area (Å²) in [7, 11) is 2.04. The molecule has 1 heterocycles. The lowest BCUT2D eigenvalue weighted by Crippen LogP contribution is -2.22. The van der Waals surface area contributed by atoms with E-state index in [1.807, 2.05) is 38.4 Å². The first-order chi connectivity index (χ1) is 9.52. The number of nitrogens with zero attached hydrogens (tertiary/aromatic N) is 2.